The van der Waals surface area contributed by atoms with Crippen molar-refractivity contribution in [2.24, 2.45) is 0 Å². The molecule has 5 rings (SSSR count). The SMILES string of the molecule is Fc1ccc(=S)[nH]c1.Nc1cc(C2CC2)c2c(c1)C1(CCC1)C(=O)N2. The molecule has 1 aliphatic heterocycles. The number of nitrogens with one attached hydrogen (secondary N) is 2. The summed E-state index contributed by atoms with van der Waals surface area (Å²) in [4.78, 5) is 14.7. The molecule has 0 radical (unpaired) electrons. The zero-order valence-electron chi connectivity index (χ0n) is 13.8. The van der Waals surface area contributed by atoms with Crippen molar-refractivity contribution in [2.75, 3.05) is 11.1 Å². The van der Waals surface area contributed by atoms with Gasteiger partial charge >= 0.3 is 0 Å². The predicted molar refractivity (Wildman–Crippen MR) is 98.6 cm³/mol. The highest BCUT2D eigenvalue weighted by atomic mass is 32.1. The van der Waals surface area contributed by atoms with Crippen molar-refractivity contribution in [2.45, 2.75) is 43.4 Å². The number of nitrogen functional groups attached to an aromatic ring is 1. The van der Waals surface area contributed by atoms with Gasteiger partial charge in [0.05, 0.1) is 5.41 Å². The van der Waals surface area contributed by atoms with Crippen LogP contribution in [0.4, 0.5) is 15.8 Å². The highest BCUT2D eigenvalue weighted by Crippen LogP contribution is 2.55. The second-order valence-corrected chi connectivity index (χ2v) is 7.51. The number of halogens is 1. The lowest BCUT2D eigenvalue weighted by Crippen LogP contribution is -2.40. The summed E-state index contributed by atoms with van der Waals surface area (Å²) in [5, 5.41) is 3.11. The minimum Gasteiger partial charge on any atom is -0.399 e. The van der Waals surface area contributed by atoms with E-state index in [1.165, 1.54) is 42.3 Å². The van der Waals surface area contributed by atoms with Crippen LogP contribution >= 0.6 is 12.2 Å². The minimum atomic E-state index is -0.293. The van der Waals surface area contributed by atoms with Crippen molar-refractivity contribution in [3.8, 4) is 0 Å². The minimum absolute atomic E-state index is 0.200. The van der Waals surface area contributed by atoms with Crippen LogP contribution in [-0.4, -0.2) is 10.9 Å². The van der Waals surface area contributed by atoms with Gasteiger partial charge in [-0.05, 0) is 67.0 Å². The van der Waals surface area contributed by atoms with E-state index in [0.717, 1.165) is 30.6 Å². The number of rotatable bonds is 1. The molecule has 2 fully saturated rings. The smallest absolute Gasteiger partial charge is 0.235 e. The lowest BCUT2D eigenvalue weighted by atomic mass is 9.65. The van der Waals surface area contributed by atoms with Gasteiger partial charge in [-0.1, -0.05) is 18.6 Å². The molecule has 0 unspecified atom stereocenters. The number of nitrogens with two attached hydrogens (primary N) is 1. The zero-order valence-corrected chi connectivity index (χ0v) is 14.6. The zero-order chi connectivity index (χ0) is 17.6. The van der Waals surface area contributed by atoms with Gasteiger partial charge in [0.1, 0.15) is 10.5 Å². The van der Waals surface area contributed by atoms with Gasteiger partial charge in [-0.3, -0.25) is 4.79 Å². The molecule has 1 aromatic carbocycles. The summed E-state index contributed by atoms with van der Waals surface area (Å²) in [5.74, 6) is 0.535. The number of hydrogen-bond donors (Lipinski definition) is 3. The molecule has 2 aliphatic carbocycles. The van der Waals surface area contributed by atoms with Crippen LogP contribution in [0.5, 0.6) is 0 Å². The van der Waals surface area contributed by atoms with E-state index in [2.05, 4.69) is 28.6 Å². The lowest BCUT2D eigenvalue weighted by Gasteiger charge is -2.36. The number of benzene rings is 1. The summed E-state index contributed by atoms with van der Waals surface area (Å²) >= 11 is 4.65. The number of hydrogen-bond acceptors (Lipinski definition) is 3. The van der Waals surface area contributed by atoms with Gasteiger partial charge < -0.3 is 16.0 Å². The van der Waals surface area contributed by atoms with Crippen LogP contribution in [0.2, 0.25) is 0 Å². The third-order valence-corrected chi connectivity index (χ3v) is 5.60. The average Bonchev–Trinajstić information content (AvgIpc) is 3.32. The van der Waals surface area contributed by atoms with E-state index in [1.807, 2.05) is 6.07 Å². The Kier molecular flexibility index (Phi) is 3.87. The first-order valence-electron chi connectivity index (χ1n) is 8.59. The van der Waals surface area contributed by atoms with Crippen molar-refractivity contribution in [3.63, 3.8) is 0 Å². The monoisotopic (exact) mass is 357 g/mol. The molecule has 25 heavy (non-hydrogen) atoms. The first-order valence-corrected chi connectivity index (χ1v) is 9.00. The normalized spacial score (nSPS) is 19.5. The Balaban J connectivity index is 0.000000166. The fourth-order valence-corrected chi connectivity index (χ4v) is 3.82. The number of amides is 1. The largest absolute Gasteiger partial charge is 0.399 e. The van der Waals surface area contributed by atoms with Crippen LogP contribution in [-0.2, 0) is 10.2 Å². The molecule has 4 nitrogen and oxygen atoms in total. The highest BCUT2D eigenvalue weighted by molar-refractivity contribution is 7.71. The van der Waals surface area contributed by atoms with Crippen LogP contribution in [0.3, 0.4) is 0 Å². The number of carbonyl (C=O) groups is 1. The molecule has 2 saturated carbocycles. The summed E-state index contributed by atoms with van der Waals surface area (Å²) in [7, 11) is 0. The Hall–Kier alpha value is -2.21. The van der Waals surface area contributed by atoms with Gasteiger partial charge in [-0.25, -0.2) is 4.39 Å². The molecule has 2 heterocycles. The second kappa shape index (κ2) is 5.95. The average molecular weight is 357 g/mol. The van der Waals surface area contributed by atoms with Gasteiger partial charge in [0, 0.05) is 17.6 Å². The van der Waals surface area contributed by atoms with Gasteiger partial charge in [0.2, 0.25) is 5.91 Å². The maximum Gasteiger partial charge on any atom is 0.235 e. The molecule has 3 aliphatic rings. The van der Waals surface area contributed by atoms with E-state index < -0.39 is 0 Å². The summed E-state index contributed by atoms with van der Waals surface area (Å²) in [6.45, 7) is 0. The van der Waals surface area contributed by atoms with E-state index in [1.54, 1.807) is 0 Å². The van der Waals surface area contributed by atoms with E-state index >= 15 is 0 Å². The summed E-state index contributed by atoms with van der Waals surface area (Å²) in [5.41, 5.74) is 10.1. The number of fused-ring (bicyclic) bond motifs is 2. The standard InChI is InChI=1S/C14H16N2O.C5H4FNS/c15-9-6-10(8-2-3-8)12-11(7-9)14(4-1-5-14)13(17)16-12;6-4-1-2-5(8)7-3-4/h6-8H,1-5,15H2,(H,16,17);1-3H,(H,7,8). The Morgan fingerprint density at radius 2 is 2.00 bits per heavy atom. The fourth-order valence-electron chi connectivity index (χ4n) is 3.69. The van der Waals surface area contributed by atoms with Crippen LogP contribution in [0.15, 0.2) is 30.5 Å². The third kappa shape index (κ3) is 2.84. The first-order chi connectivity index (χ1) is 12.0. The van der Waals surface area contributed by atoms with Gasteiger partial charge in [0.15, 0.2) is 0 Å². The quantitative estimate of drug-likeness (QED) is 0.523. The Morgan fingerprint density at radius 3 is 2.52 bits per heavy atom. The molecule has 2 aromatic rings. The van der Waals surface area contributed by atoms with E-state index in [0.29, 0.717) is 10.6 Å². The Bertz CT molecular complexity index is 880. The number of H-pyrrole nitrogens is 1. The molecule has 0 atom stereocenters. The van der Waals surface area contributed by atoms with Crippen LogP contribution in [0.1, 0.15) is 49.1 Å². The lowest BCUT2D eigenvalue weighted by molar-refractivity contribution is -0.123. The number of aromatic nitrogens is 1. The molecule has 6 heteroatoms. The fraction of sp³-hybridized carbons (Fsp3) is 0.368. The highest BCUT2D eigenvalue weighted by Gasteiger charge is 2.52. The Labute approximate surface area is 150 Å². The maximum absolute atomic E-state index is 12.2. The molecular weight excluding hydrogens is 337 g/mol. The molecule has 1 spiro atoms. The van der Waals surface area contributed by atoms with Crippen molar-refractivity contribution in [3.05, 3.63) is 52.0 Å². The van der Waals surface area contributed by atoms with Crippen LogP contribution in [0.25, 0.3) is 0 Å². The Morgan fingerprint density at radius 1 is 1.24 bits per heavy atom. The number of aromatic amines is 1. The van der Waals surface area contributed by atoms with Gasteiger partial charge in [-0.15, -0.1) is 0 Å². The topological polar surface area (TPSA) is 70.9 Å². The van der Waals surface area contributed by atoms with Crippen LogP contribution in [0, 0.1) is 10.5 Å². The summed E-state index contributed by atoms with van der Waals surface area (Å²) in [6, 6.07) is 6.89. The predicted octanol–water partition coefficient (Wildman–Crippen LogP) is 4.40. The first kappa shape index (κ1) is 16.3. The molecule has 0 bridgehead atoms. The van der Waals surface area contributed by atoms with Crippen molar-refractivity contribution < 1.29 is 9.18 Å². The van der Waals surface area contributed by atoms with E-state index in [9.17, 15) is 9.18 Å². The summed E-state index contributed by atoms with van der Waals surface area (Å²) < 4.78 is 12.6. The number of carbonyl (C=O) groups excluding carboxylic acids is 1. The third-order valence-electron chi connectivity index (χ3n) is 5.35. The second-order valence-electron chi connectivity index (χ2n) is 7.07. The van der Waals surface area contributed by atoms with E-state index in [-0.39, 0.29) is 17.1 Å². The maximum atomic E-state index is 12.2. The number of pyridine rings is 1. The molecule has 1 aromatic heterocycles. The molecular formula is C19H20FN3OS. The molecule has 0 saturated heterocycles. The van der Waals surface area contributed by atoms with E-state index in [4.69, 9.17) is 5.73 Å². The molecule has 130 valence electrons. The van der Waals surface area contributed by atoms with Crippen molar-refractivity contribution in [1.29, 1.82) is 0 Å². The molecule has 1 amide bonds. The summed E-state index contributed by atoms with van der Waals surface area (Å²) in [6.07, 6.45) is 6.82. The van der Waals surface area contributed by atoms with Crippen LogP contribution < -0.4 is 11.1 Å². The van der Waals surface area contributed by atoms with Crippen molar-refractivity contribution >= 4 is 29.5 Å². The molecule has 4 N–H and O–H groups in total. The number of anilines is 2. The van der Waals surface area contributed by atoms with Crippen molar-refractivity contribution in [1.82, 2.24) is 4.98 Å². The van der Waals surface area contributed by atoms with Gasteiger partial charge in [-0.2, -0.15) is 0 Å². The van der Waals surface area contributed by atoms with Gasteiger partial charge in [0.25, 0.3) is 0 Å².